The van der Waals surface area contributed by atoms with Gasteiger partial charge in [-0.15, -0.1) is 0 Å². The number of rotatable bonds is 3. The molecule has 1 aromatic carbocycles. The van der Waals surface area contributed by atoms with E-state index in [9.17, 15) is 0 Å². The van der Waals surface area contributed by atoms with Gasteiger partial charge >= 0.3 is 0 Å². The van der Waals surface area contributed by atoms with Crippen molar-refractivity contribution in [3.05, 3.63) is 35.9 Å². The summed E-state index contributed by atoms with van der Waals surface area (Å²) in [5.41, 5.74) is 1.09. The fourth-order valence-electron chi connectivity index (χ4n) is 3.44. The maximum Gasteiger partial charge on any atom is 0.171 e. The van der Waals surface area contributed by atoms with Crippen molar-refractivity contribution in [3.8, 4) is 0 Å². The summed E-state index contributed by atoms with van der Waals surface area (Å²) < 4.78 is 12.0. The van der Waals surface area contributed by atoms with Gasteiger partial charge in [-0.2, -0.15) is 5.06 Å². The van der Waals surface area contributed by atoms with Crippen molar-refractivity contribution in [1.82, 2.24) is 5.06 Å². The highest BCUT2D eigenvalue weighted by Crippen LogP contribution is 2.40. The molecule has 0 saturated carbocycles. The van der Waals surface area contributed by atoms with E-state index in [-0.39, 0.29) is 11.6 Å². The molecule has 0 N–H and O–H groups in total. The molecule has 1 spiro atoms. The van der Waals surface area contributed by atoms with Crippen LogP contribution < -0.4 is 0 Å². The summed E-state index contributed by atoms with van der Waals surface area (Å²) >= 11 is 0. The van der Waals surface area contributed by atoms with Crippen LogP contribution in [0.25, 0.3) is 0 Å². The van der Waals surface area contributed by atoms with Gasteiger partial charge in [-0.25, -0.2) is 0 Å². The highest BCUT2D eigenvalue weighted by molar-refractivity contribution is 5.16. The lowest BCUT2D eigenvalue weighted by atomic mass is 9.87. The van der Waals surface area contributed by atoms with Gasteiger partial charge in [0.2, 0.25) is 0 Å². The predicted molar refractivity (Wildman–Crippen MR) is 85.2 cm³/mol. The standard InChI is InChI=1S/C18H27NO3/c1-15(16-8-5-4-6-9-16)22-19-11-10-18(14-17(19,2)3)20-12-7-13-21-18/h4-6,8-9,15H,7,10-14H2,1-3H3. The first kappa shape index (κ1) is 15.9. The van der Waals surface area contributed by atoms with Gasteiger partial charge in [0.25, 0.3) is 0 Å². The number of ether oxygens (including phenoxy) is 2. The minimum Gasteiger partial charge on any atom is -0.350 e. The SMILES string of the molecule is CC(ON1CCC2(CC1(C)C)OCCCO2)c1ccccc1. The average Bonchev–Trinajstić information content (AvgIpc) is 2.51. The Labute approximate surface area is 133 Å². The van der Waals surface area contributed by atoms with Crippen LogP contribution in [0.2, 0.25) is 0 Å². The normalized spacial score (nSPS) is 26.0. The first-order valence-corrected chi connectivity index (χ1v) is 8.28. The number of nitrogens with zero attached hydrogens (tertiary/aromatic N) is 1. The molecule has 0 amide bonds. The van der Waals surface area contributed by atoms with Crippen LogP contribution in [0, 0.1) is 0 Å². The van der Waals surface area contributed by atoms with E-state index >= 15 is 0 Å². The topological polar surface area (TPSA) is 30.9 Å². The smallest absolute Gasteiger partial charge is 0.171 e. The van der Waals surface area contributed by atoms with E-state index in [2.05, 4.69) is 50.1 Å². The maximum atomic E-state index is 6.25. The highest BCUT2D eigenvalue weighted by Gasteiger charge is 2.48. The number of piperidine rings is 1. The monoisotopic (exact) mass is 305 g/mol. The van der Waals surface area contributed by atoms with Gasteiger partial charge < -0.3 is 9.47 Å². The molecule has 1 aromatic rings. The molecular formula is C18H27NO3. The third-order valence-electron chi connectivity index (χ3n) is 4.65. The molecule has 2 fully saturated rings. The molecule has 4 nitrogen and oxygen atoms in total. The Kier molecular flexibility index (Phi) is 4.55. The Bertz CT molecular complexity index is 482. The molecule has 0 bridgehead atoms. The van der Waals surface area contributed by atoms with Gasteiger partial charge in [0.1, 0.15) is 6.10 Å². The van der Waals surface area contributed by atoms with Crippen LogP contribution in [0.5, 0.6) is 0 Å². The lowest BCUT2D eigenvalue weighted by Gasteiger charge is -2.51. The van der Waals surface area contributed by atoms with Crippen LogP contribution in [0.3, 0.4) is 0 Å². The summed E-state index contributed by atoms with van der Waals surface area (Å²) in [5, 5.41) is 2.11. The van der Waals surface area contributed by atoms with E-state index in [4.69, 9.17) is 14.3 Å². The molecule has 0 aromatic heterocycles. The lowest BCUT2D eigenvalue weighted by molar-refractivity contribution is -0.343. The Morgan fingerprint density at radius 3 is 2.45 bits per heavy atom. The van der Waals surface area contributed by atoms with Crippen molar-refractivity contribution >= 4 is 0 Å². The minimum absolute atomic E-state index is 0.0442. The van der Waals surface area contributed by atoms with E-state index in [1.165, 1.54) is 5.56 Å². The molecule has 22 heavy (non-hydrogen) atoms. The molecular weight excluding hydrogens is 278 g/mol. The molecule has 1 unspecified atom stereocenters. The third kappa shape index (κ3) is 3.35. The summed E-state index contributed by atoms with van der Waals surface area (Å²) in [5.74, 6) is -0.405. The molecule has 2 aliphatic rings. The van der Waals surface area contributed by atoms with Crippen LogP contribution >= 0.6 is 0 Å². The molecule has 1 atom stereocenters. The zero-order valence-electron chi connectivity index (χ0n) is 13.9. The number of benzene rings is 1. The Morgan fingerprint density at radius 1 is 1.14 bits per heavy atom. The summed E-state index contributed by atoms with van der Waals surface area (Å²) in [6, 6.07) is 10.3. The van der Waals surface area contributed by atoms with Crippen molar-refractivity contribution in [2.45, 2.75) is 57.5 Å². The van der Waals surface area contributed by atoms with E-state index < -0.39 is 5.79 Å². The lowest BCUT2D eigenvalue weighted by Crippen LogP contribution is -2.59. The number of hydrogen-bond donors (Lipinski definition) is 0. The van der Waals surface area contributed by atoms with Gasteiger partial charge in [-0.1, -0.05) is 30.3 Å². The van der Waals surface area contributed by atoms with Gasteiger partial charge in [-0.05, 0) is 32.8 Å². The van der Waals surface area contributed by atoms with Crippen molar-refractivity contribution in [2.75, 3.05) is 19.8 Å². The van der Waals surface area contributed by atoms with Gasteiger partial charge in [0, 0.05) is 24.9 Å². The average molecular weight is 305 g/mol. The zero-order valence-corrected chi connectivity index (χ0v) is 13.9. The van der Waals surface area contributed by atoms with Gasteiger partial charge in [0.05, 0.1) is 13.2 Å². The Balaban J connectivity index is 1.65. The van der Waals surface area contributed by atoms with E-state index in [1.807, 2.05) is 6.07 Å². The maximum absolute atomic E-state index is 6.25. The summed E-state index contributed by atoms with van der Waals surface area (Å²) in [4.78, 5) is 6.25. The number of hydroxylamine groups is 2. The summed E-state index contributed by atoms with van der Waals surface area (Å²) in [6.45, 7) is 8.93. The zero-order chi connectivity index (χ0) is 15.6. The summed E-state index contributed by atoms with van der Waals surface area (Å²) in [6.07, 6.45) is 2.73. The molecule has 4 heteroatoms. The van der Waals surface area contributed by atoms with Gasteiger partial charge in [0.15, 0.2) is 5.79 Å². The van der Waals surface area contributed by atoms with Crippen molar-refractivity contribution in [3.63, 3.8) is 0 Å². The second kappa shape index (κ2) is 6.28. The van der Waals surface area contributed by atoms with Crippen LogP contribution in [0.4, 0.5) is 0 Å². The molecule has 0 radical (unpaired) electrons. The van der Waals surface area contributed by atoms with Crippen molar-refractivity contribution < 1.29 is 14.3 Å². The largest absolute Gasteiger partial charge is 0.350 e. The Hall–Kier alpha value is -0.940. The molecule has 3 rings (SSSR count). The quantitative estimate of drug-likeness (QED) is 0.852. The fraction of sp³-hybridized carbons (Fsp3) is 0.667. The molecule has 2 aliphatic heterocycles. The van der Waals surface area contributed by atoms with E-state index in [1.54, 1.807) is 0 Å². The van der Waals surface area contributed by atoms with Crippen LogP contribution in [-0.4, -0.2) is 36.1 Å². The van der Waals surface area contributed by atoms with E-state index in [0.29, 0.717) is 0 Å². The van der Waals surface area contributed by atoms with Crippen LogP contribution in [0.1, 0.15) is 51.7 Å². The third-order valence-corrected chi connectivity index (χ3v) is 4.65. The van der Waals surface area contributed by atoms with Crippen LogP contribution in [-0.2, 0) is 14.3 Å². The van der Waals surface area contributed by atoms with Crippen LogP contribution in [0.15, 0.2) is 30.3 Å². The second-order valence-electron chi connectivity index (χ2n) is 6.96. The summed E-state index contributed by atoms with van der Waals surface area (Å²) in [7, 11) is 0. The highest BCUT2D eigenvalue weighted by atomic mass is 16.7. The van der Waals surface area contributed by atoms with Gasteiger partial charge in [-0.3, -0.25) is 4.84 Å². The fourth-order valence-corrected chi connectivity index (χ4v) is 3.44. The minimum atomic E-state index is -0.405. The Morgan fingerprint density at radius 2 is 1.82 bits per heavy atom. The second-order valence-corrected chi connectivity index (χ2v) is 6.96. The molecule has 122 valence electrons. The van der Waals surface area contributed by atoms with Crippen molar-refractivity contribution in [2.24, 2.45) is 0 Å². The molecule has 2 saturated heterocycles. The van der Waals surface area contributed by atoms with Crippen molar-refractivity contribution in [1.29, 1.82) is 0 Å². The predicted octanol–water partition coefficient (Wildman–Crippen LogP) is 3.69. The molecule has 0 aliphatic carbocycles. The first-order chi connectivity index (χ1) is 10.5. The first-order valence-electron chi connectivity index (χ1n) is 8.28. The number of hydrogen-bond acceptors (Lipinski definition) is 4. The van der Waals surface area contributed by atoms with E-state index in [0.717, 1.165) is 39.0 Å². The molecule has 2 heterocycles.